The van der Waals surface area contributed by atoms with Gasteiger partial charge in [0.05, 0.1) is 27.3 Å². The fourth-order valence-electron chi connectivity index (χ4n) is 1.79. The first-order valence-corrected chi connectivity index (χ1v) is 8.20. The maximum atomic E-state index is 12.4. The van der Waals surface area contributed by atoms with Crippen LogP contribution in [0, 0.1) is 11.3 Å². The van der Waals surface area contributed by atoms with Crippen LogP contribution in [-0.2, 0) is 15.6 Å². The highest BCUT2D eigenvalue weighted by Crippen LogP contribution is 2.28. The van der Waals surface area contributed by atoms with E-state index >= 15 is 0 Å². The quantitative estimate of drug-likeness (QED) is 0.867. The van der Waals surface area contributed by atoms with Crippen molar-refractivity contribution >= 4 is 38.7 Å². The molecule has 0 aromatic heterocycles. The fraction of sp³-hybridized carbons (Fsp3) is 0.0714. The Hall–Kier alpha value is -1.74. The molecule has 7 heteroatoms. The van der Waals surface area contributed by atoms with E-state index in [1.54, 1.807) is 0 Å². The van der Waals surface area contributed by atoms with Crippen molar-refractivity contribution in [2.75, 3.05) is 5.73 Å². The summed E-state index contributed by atoms with van der Waals surface area (Å²) in [4.78, 5) is -0.00112. The van der Waals surface area contributed by atoms with E-state index < -0.39 is 9.84 Å². The van der Waals surface area contributed by atoms with Gasteiger partial charge in [-0.1, -0.05) is 29.3 Å². The zero-order valence-electron chi connectivity index (χ0n) is 10.7. The molecule has 0 amide bonds. The highest BCUT2D eigenvalue weighted by atomic mass is 35.5. The van der Waals surface area contributed by atoms with Gasteiger partial charge in [-0.05, 0) is 35.9 Å². The Morgan fingerprint density at radius 3 is 2.38 bits per heavy atom. The average Bonchev–Trinajstić information content (AvgIpc) is 2.40. The summed E-state index contributed by atoms with van der Waals surface area (Å²) in [5.41, 5.74) is 6.71. The fourth-order valence-corrected chi connectivity index (χ4v) is 4.10. The third-order valence-corrected chi connectivity index (χ3v) is 5.31. The number of nitrogens with two attached hydrogens (primary N) is 1. The van der Waals surface area contributed by atoms with E-state index in [0.29, 0.717) is 16.8 Å². The molecule has 0 aliphatic carbocycles. The van der Waals surface area contributed by atoms with Crippen molar-refractivity contribution in [3.8, 4) is 6.07 Å². The average molecular weight is 341 g/mol. The lowest BCUT2D eigenvalue weighted by molar-refractivity contribution is 0.595. The van der Waals surface area contributed by atoms with Gasteiger partial charge in [0.25, 0.3) is 0 Å². The van der Waals surface area contributed by atoms with Crippen LogP contribution in [0.15, 0.2) is 41.3 Å². The molecule has 4 nitrogen and oxygen atoms in total. The van der Waals surface area contributed by atoms with E-state index in [1.165, 1.54) is 36.4 Å². The highest BCUT2D eigenvalue weighted by molar-refractivity contribution is 7.90. The molecule has 2 aromatic rings. The van der Waals surface area contributed by atoms with E-state index in [9.17, 15) is 8.42 Å². The third-order valence-electron chi connectivity index (χ3n) is 2.82. The molecule has 0 aliphatic heterocycles. The second-order valence-corrected chi connectivity index (χ2v) is 7.14. The minimum absolute atomic E-state index is 0.00112. The van der Waals surface area contributed by atoms with E-state index in [-0.39, 0.29) is 20.7 Å². The van der Waals surface area contributed by atoms with Crippen molar-refractivity contribution in [2.45, 2.75) is 10.6 Å². The summed E-state index contributed by atoms with van der Waals surface area (Å²) < 4.78 is 24.8. The van der Waals surface area contributed by atoms with Gasteiger partial charge in [-0.3, -0.25) is 0 Å². The van der Waals surface area contributed by atoms with E-state index in [0.717, 1.165) is 0 Å². The largest absolute Gasteiger partial charge is 0.399 e. The Bertz CT molecular complexity index is 843. The van der Waals surface area contributed by atoms with Crippen LogP contribution in [-0.4, -0.2) is 8.42 Å². The molecule has 21 heavy (non-hydrogen) atoms. The van der Waals surface area contributed by atoms with Gasteiger partial charge in [0, 0.05) is 10.7 Å². The molecule has 0 atom stereocenters. The Balaban J connectivity index is 2.40. The number of nitrogen functional groups attached to an aromatic ring is 1. The number of nitriles is 1. The molecule has 0 unspecified atom stereocenters. The Morgan fingerprint density at radius 2 is 1.81 bits per heavy atom. The normalized spacial score (nSPS) is 11.1. The van der Waals surface area contributed by atoms with Crippen LogP contribution in [0.25, 0.3) is 0 Å². The van der Waals surface area contributed by atoms with Crippen molar-refractivity contribution in [3.05, 3.63) is 57.6 Å². The minimum Gasteiger partial charge on any atom is -0.399 e. The van der Waals surface area contributed by atoms with Gasteiger partial charge in [0.15, 0.2) is 9.84 Å². The van der Waals surface area contributed by atoms with Gasteiger partial charge in [-0.25, -0.2) is 8.42 Å². The summed E-state index contributed by atoms with van der Waals surface area (Å²) in [6.45, 7) is 0. The van der Waals surface area contributed by atoms with Crippen molar-refractivity contribution in [1.82, 2.24) is 0 Å². The van der Waals surface area contributed by atoms with Gasteiger partial charge in [-0.2, -0.15) is 5.26 Å². The van der Waals surface area contributed by atoms with Gasteiger partial charge >= 0.3 is 0 Å². The van der Waals surface area contributed by atoms with Crippen LogP contribution in [0.1, 0.15) is 11.1 Å². The molecule has 2 N–H and O–H groups in total. The number of rotatable bonds is 3. The monoisotopic (exact) mass is 340 g/mol. The Labute approximate surface area is 132 Å². The van der Waals surface area contributed by atoms with Crippen molar-refractivity contribution in [3.63, 3.8) is 0 Å². The van der Waals surface area contributed by atoms with E-state index in [2.05, 4.69) is 0 Å². The van der Waals surface area contributed by atoms with Crippen molar-refractivity contribution in [2.24, 2.45) is 0 Å². The predicted octanol–water partition coefficient (Wildman–Crippen LogP) is 3.42. The van der Waals surface area contributed by atoms with Crippen LogP contribution in [0.4, 0.5) is 5.69 Å². The number of halogens is 2. The second kappa shape index (κ2) is 5.94. The number of sulfone groups is 1. The summed E-state index contributed by atoms with van der Waals surface area (Å²) in [6, 6.07) is 10.6. The summed E-state index contributed by atoms with van der Waals surface area (Å²) in [7, 11) is -3.66. The van der Waals surface area contributed by atoms with Crippen LogP contribution in [0.2, 0.25) is 10.0 Å². The summed E-state index contributed by atoms with van der Waals surface area (Å²) in [5, 5.41) is 9.07. The molecule has 108 valence electrons. The zero-order chi connectivity index (χ0) is 15.6. The van der Waals surface area contributed by atoms with Gasteiger partial charge in [0.1, 0.15) is 0 Å². The summed E-state index contributed by atoms with van der Waals surface area (Å²) in [6.07, 6.45) is 0. The van der Waals surface area contributed by atoms with Crippen LogP contribution >= 0.6 is 23.2 Å². The molecule has 0 aliphatic rings. The second-order valence-electron chi connectivity index (χ2n) is 4.37. The predicted molar refractivity (Wildman–Crippen MR) is 82.9 cm³/mol. The van der Waals surface area contributed by atoms with Gasteiger partial charge in [-0.15, -0.1) is 0 Å². The number of anilines is 1. The van der Waals surface area contributed by atoms with Crippen molar-refractivity contribution in [1.29, 1.82) is 5.26 Å². The maximum absolute atomic E-state index is 12.4. The van der Waals surface area contributed by atoms with Crippen LogP contribution in [0.3, 0.4) is 0 Å². The lowest BCUT2D eigenvalue weighted by Gasteiger charge is -2.09. The highest BCUT2D eigenvalue weighted by Gasteiger charge is 2.20. The molecule has 0 radical (unpaired) electrons. The smallest absolute Gasteiger partial charge is 0.184 e. The lowest BCUT2D eigenvalue weighted by Crippen LogP contribution is -2.06. The first-order valence-electron chi connectivity index (χ1n) is 5.80. The molecule has 2 aromatic carbocycles. The van der Waals surface area contributed by atoms with Gasteiger partial charge < -0.3 is 5.73 Å². The first-order chi connectivity index (χ1) is 9.83. The number of nitrogens with zero attached hydrogens (tertiary/aromatic N) is 1. The van der Waals surface area contributed by atoms with E-state index in [1.807, 2.05) is 6.07 Å². The Kier molecular flexibility index (Phi) is 4.43. The Morgan fingerprint density at radius 1 is 1.10 bits per heavy atom. The molecule has 0 bridgehead atoms. The molecule has 0 spiro atoms. The third kappa shape index (κ3) is 3.48. The SMILES string of the molecule is N#Cc1ccc(CS(=O)(=O)c2ccc(N)cc2Cl)c(Cl)c1. The maximum Gasteiger partial charge on any atom is 0.184 e. The molecule has 0 saturated heterocycles. The molecule has 2 rings (SSSR count). The molecule has 0 fully saturated rings. The standard InChI is InChI=1S/C14H10Cl2N2O2S/c15-12-5-9(7-17)1-2-10(12)8-21(19,20)14-4-3-11(18)6-13(14)16/h1-6H,8,18H2. The summed E-state index contributed by atoms with van der Waals surface area (Å²) >= 11 is 11.9. The lowest BCUT2D eigenvalue weighted by atomic mass is 10.2. The van der Waals surface area contributed by atoms with Crippen LogP contribution in [0.5, 0.6) is 0 Å². The number of hydrogen-bond acceptors (Lipinski definition) is 4. The molecular formula is C14H10Cl2N2O2S. The first kappa shape index (κ1) is 15.6. The van der Waals surface area contributed by atoms with Gasteiger partial charge in [0.2, 0.25) is 0 Å². The van der Waals surface area contributed by atoms with Crippen molar-refractivity contribution < 1.29 is 8.42 Å². The van der Waals surface area contributed by atoms with E-state index in [4.69, 9.17) is 34.2 Å². The minimum atomic E-state index is -3.66. The number of benzene rings is 2. The molecule has 0 saturated carbocycles. The van der Waals surface area contributed by atoms with Crippen LogP contribution < -0.4 is 5.73 Å². The number of hydrogen-bond donors (Lipinski definition) is 1. The molecule has 0 heterocycles. The zero-order valence-corrected chi connectivity index (χ0v) is 13.0. The topological polar surface area (TPSA) is 84.0 Å². The molecular weight excluding hydrogens is 331 g/mol. The summed E-state index contributed by atoms with van der Waals surface area (Å²) in [5.74, 6) is -0.304.